The molecule has 2 aromatic carbocycles. The molecule has 0 atom stereocenters. The third-order valence-corrected chi connectivity index (χ3v) is 2.74. The Hall–Kier alpha value is -2.16. The molecule has 2 nitrogen and oxygen atoms in total. The fourth-order valence-electron chi connectivity index (χ4n) is 1.68. The van der Waals surface area contributed by atoms with Crippen LogP contribution in [0.15, 0.2) is 53.7 Å². The lowest BCUT2D eigenvalue weighted by Crippen LogP contribution is -1.91. The number of halogens is 1. The first-order chi connectivity index (χ1) is 9.29. The summed E-state index contributed by atoms with van der Waals surface area (Å²) in [4.78, 5) is 5.13. The second kappa shape index (κ2) is 6.69. The molecule has 0 saturated carbocycles. The Morgan fingerprint density at radius 3 is 2.68 bits per heavy atom. The van der Waals surface area contributed by atoms with Crippen molar-refractivity contribution in [3.05, 3.63) is 71.0 Å². The zero-order chi connectivity index (χ0) is 13.5. The first-order valence-electron chi connectivity index (χ1n) is 6.20. The molecule has 0 aliphatic rings. The molecule has 0 aliphatic carbocycles. The molecule has 0 bridgehead atoms. The minimum absolute atomic E-state index is 0.296. The summed E-state index contributed by atoms with van der Waals surface area (Å²) in [5.41, 5.74) is 2.59. The Kier molecular flexibility index (Phi) is 4.67. The molecular formula is C16H15FNO. The molecule has 0 aliphatic heterocycles. The zero-order valence-corrected chi connectivity index (χ0v) is 10.8. The fourth-order valence-corrected chi connectivity index (χ4v) is 1.68. The maximum absolute atomic E-state index is 13.3. The molecule has 0 N–H and O–H groups in total. The van der Waals surface area contributed by atoms with E-state index in [-0.39, 0.29) is 5.82 Å². The van der Waals surface area contributed by atoms with Crippen molar-refractivity contribution in [2.24, 2.45) is 5.16 Å². The van der Waals surface area contributed by atoms with E-state index in [1.165, 1.54) is 11.6 Å². The highest BCUT2D eigenvalue weighted by molar-refractivity contribution is 5.79. The second-order valence-electron chi connectivity index (χ2n) is 4.13. The van der Waals surface area contributed by atoms with Gasteiger partial charge in [0.15, 0.2) is 0 Å². The Balaban J connectivity index is 1.91. The van der Waals surface area contributed by atoms with Crippen molar-refractivity contribution in [2.75, 3.05) is 0 Å². The summed E-state index contributed by atoms with van der Waals surface area (Å²) in [5, 5.41) is 3.66. The third-order valence-electron chi connectivity index (χ3n) is 2.74. The monoisotopic (exact) mass is 256 g/mol. The van der Waals surface area contributed by atoms with Crippen LogP contribution in [0, 0.1) is 5.82 Å². The molecule has 0 spiro atoms. The molecule has 0 unspecified atom stereocenters. The van der Waals surface area contributed by atoms with Gasteiger partial charge in [-0.25, -0.2) is 4.39 Å². The Labute approximate surface area is 112 Å². The highest BCUT2D eigenvalue weighted by Gasteiger charge is 1.98. The largest absolute Gasteiger partial charge is 0.390 e. The summed E-state index contributed by atoms with van der Waals surface area (Å²) in [6, 6.07) is 14.4. The average molecular weight is 256 g/mol. The van der Waals surface area contributed by atoms with E-state index in [1.807, 2.05) is 12.1 Å². The minimum atomic E-state index is -0.358. The predicted octanol–water partition coefficient (Wildman–Crippen LogP) is 3.82. The summed E-state index contributed by atoms with van der Waals surface area (Å²) < 4.78 is 13.3. The van der Waals surface area contributed by atoms with Gasteiger partial charge in [-0.1, -0.05) is 48.5 Å². The normalized spacial score (nSPS) is 10.8. The standard InChI is InChI=1S/C16H15FNO/c1-2-13-6-5-7-14(10-13)12-19-18-11-15-8-3-4-9-16(15)17/h3-10H,2,12H2,1H3. The lowest BCUT2D eigenvalue weighted by atomic mass is 10.1. The molecule has 1 radical (unpaired) electrons. The number of hydrogen-bond donors (Lipinski definition) is 0. The van der Waals surface area contributed by atoms with Crippen LogP contribution in [0.2, 0.25) is 0 Å². The first kappa shape index (κ1) is 13.3. The maximum atomic E-state index is 13.3. The summed E-state index contributed by atoms with van der Waals surface area (Å²) in [5.74, 6) is -0.358. The molecule has 0 heterocycles. The molecule has 2 aromatic rings. The molecule has 2 rings (SSSR count). The number of benzene rings is 2. The minimum Gasteiger partial charge on any atom is -0.390 e. The molecule has 0 amide bonds. The Bertz CT molecular complexity index is 566. The van der Waals surface area contributed by atoms with Gasteiger partial charge in [0.1, 0.15) is 18.6 Å². The van der Waals surface area contributed by atoms with Crippen LogP contribution in [0.25, 0.3) is 0 Å². The number of nitrogens with zero attached hydrogens (tertiary/aromatic N) is 1. The van der Waals surface area contributed by atoms with Crippen molar-refractivity contribution >= 4 is 6.21 Å². The van der Waals surface area contributed by atoms with Crippen molar-refractivity contribution in [3.8, 4) is 0 Å². The maximum Gasteiger partial charge on any atom is 0.142 e. The molecule has 97 valence electrons. The van der Waals surface area contributed by atoms with Gasteiger partial charge in [-0.3, -0.25) is 0 Å². The fraction of sp³-hybridized carbons (Fsp3) is 0.188. The first-order valence-corrected chi connectivity index (χ1v) is 6.20. The lowest BCUT2D eigenvalue weighted by Gasteiger charge is -2.02. The van der Waals surface area contributed by atoms with E-state index in [0.29, 0.717) is 12.2 Å². The van der Waals surface area contributed by atoms with Crippen molar-refractivity contribution in [2.45, 2.75) is 20.0 Å². The van der Waals surface area contributed by atoms with Crippen LogP contribution in [0.1, 0.15) is 23.6 Å². The molecule has 0 fully saturated rings. The van der Waals surface area contributed by atoms with Gasteiger partial charge in [0.25, 0.3) is 0 Å². The van der Waals surface area contributed by atoms with E-state index >= 15 is 0 Å². The van der Waals surface area contributed by atoms with Gasteiger partial charge in [-0.2, -0.15) is 0 Å². The van der Waals surface area contributed by atoms with Crippen LogP contribution in [0.4, 0.5) is 4.39 Å². The molecule has 0 aromatic heterocycles. The summed E-state index contributed by atoms with van der Waals surface area (Å²) in [7, 11) is 0. The summed E-state index contributed by atoms with van der Waals surface area (Å²) >= 11 is 0. The SMILES string of the molecule is CCc1cccc(CO/N=[C]\c2ccccc2F)c1. The van der Waals surface area contributed by atoms with Crippen molar-refractivity contribution in [3.63, 3.8) is 0 Å². The Morgan fingerprint density at radius 1 is 1.11 bits per heavy atom. The molecule has 19 heavy (non-hydrogen) atoms. The average Bonchev–Trinajstić information content (AvgIpc) is 2.45. The van der Waals surface area contributed by atoms with E-state index in [4.69, 9.17) is 4.84 Å². The van der Waals surface area contributed by atoms with Gasteiger partial charge >= 0.3 is 0 Å². The van der Waals surface area contributed by atoms with Gasteiger partial charge in [-0.15, -0.1) is 0 Å². The van der Waals surface area contributed by atoms with Crippen LogP contribution in [-0.4, -0.2) is 6.21 Å². The quantitative estimate of drug-likeness (QED) is 0.588. The van der Waals surface area contributed by atoms with E-state index in [2.05, 4.69) is 30.4 Å². The second-order valence-corrected chi connectivity index (χ2v) is 4.13. The van der Waals surface area contributed by atoms with Gasteiger partial charge in [0.2, 0.25) is 0 Å². The van der Waals surface area contributed by atoms with Gasteiger partial charge in [0.05, 0.1) is 0 Å². The molecule has 0 saturated heterocycles. The highest BCUT2D eigenvalue weighted by atomic mass is 19.1. The van der Waals surface area contributed by atoms with Crippen molar-refractivity contribution in [1.29, 1.82) is 0 Å². The lowest BCUT2D eigenvalue weighted by molar-refractivity contribution is 0.132. The van der Waals surface area contributed by atoms with Gasteiger partial charge in [-0.05, 0) is 29.7 Å². The third kappa shape index (κ3) is 3.91. The summed E-state index contributed by atoms with van der Waals surface area (Å²) in [6.45, 7) is 2.46. The molecule has 3 heteroatoms. The smallest absolute Gasteiger partial charge is 0.142 e. The van der Waals surface area contributed by atoms with E-state index < -0.39 is 0 Å². The van der Waals surface area contributed by atoms with Crippen molar-refractivity contribution < 1.29 is 9.23 Å². The molecular weight excluding hydrogens is 241 g/mol. The topological polar surface area (TPSA) is 21.6 Å². The Morgan fingerprint density at radius 2 is 1.89 bits per heavy atom. The number of rotatable bonds is 5. The van der Waals surface area contributed by atoms with E-state index in [0.717, 1.165) is 12.0 Å². The van der Waals surface area contributed by atoms with Crippen LogP contribution >= 0.6 is 0 Å². The van der Waals surface area contributed by atoms with Crippen LogP contribution < -0.4 is 0 Å². The zero-order valence-electron chi connectivity index (χ0n) is 10.8. The van der Waals surface area contributed by atoms with Gasteiger partial charge in [0, 0.05) is 5.56 Å². The van der Waals surface area contributed by atoms with Crippen LogP contribution in [0.5, 0.6) is 0 Å². The number of hydrogen-bond acceptors (Lipinski definition) is 2. The van der Waals surface area contributed by atoms with Crippen LogP contribution in [0.3, 0.4) is 0 Å². The number of aryl methyl sites for hydroxylation is 1. The van der Waals surface area contributed by atoms with E-state index in [9.17, 15) is 4.39 Å². The van der Waals surface area contributed by atoms with E-state index in [1.54, 1.807) is 18.2 Å². The van der Waals surface area contributed by atoms with Crippen molar-refractivity contribution in [1.82, 2.24) is 0 Å². The van der Waals surface area contributed by atoms with Gasteiger partial charge < -0.3 is 4.84 Å². The van der Waals surface area contributed by atoms with Crippen LogP contribution in [-0.2, 0) is 17.9 Å². The highest BCUT2D eigenvalue weighted by Crippen LogP contribution is 2.08. The summed E-state index contributed by atoms with van der Waals surface area (Å²) in [6.07, 6.45) is 3.52. The predicted molar refractivity (Wildman–Crippen MR) is 73.5 cm³/mol.